The summed E-state index contributed by atoms with van der Waals surface area (Å²) in [4.78, 5) is 22.1. The van der Waals surface area contributed by atoms with Crippen LogP contribution in [0.25, 0.3) is 0 Å². The van der Waals surface area contributed by atoms with E-state index < -0.39 is 4.92 Å². The predicted octanol–water partition coefficient (Wildman–Crippen LogP) is 2.76. The number of hydrogen-bond donors (Lipinski definition) is 2. The molecule has 0 heterocycles. The van der Waals surface area contributed by atoms with E-state index in [4.69, 9.17) is 0 Å². The summed E-state index contributed by atoms with van der Waals surface area (Å²) in [5, 5.41) is 23.8. The maximum absolute atomic E-state index is 11.3. The highest BCUT2D eigenvalue weighted by Gasteiger charge is 2.26. The molecular formula is C15H20N2O4. The van der Waals surface area contributed by atoms with E-state index in [1.807, 2.05) is 0 Å². The predicted molar refractivity (Wildman–Crippen MR) is 79.6 cm³/mol. The van der Waals surface area contributed by atoms with Crippen molar-refractivity contribution < 1.29 is 14.8 Å². The molecule has 0 amide bonds. The Morgan fingerprint density at radius 2 is 2.14 bits per heavy atom. The summed E-state index contributed by atoms with van der Waals surface area (Å²) in [5.41, 5.74) is 0.648. The fourth-order valence-corrected chi connectivity index (χ4v) is 2.84. The van der Waals surface area contributed by atoms with Gasteiger partial charge < -0.3 is 10.4 Å². The lowest BCUT2D eigenvalue weighted by molar-refractivity contribution is -0.384. The van der Waals surface area contributed by atoms with Gasteiger partial charge in [0.05, 0.1) is 4.92 Å². The fourth-order valence-electron chi connectivity index (χ4n) is 2.84. The first kappa shape index (κ1) is 15.4. The van der Waals surface area contributed by atoms with Gasteiger partial charge in [-0.2, -0.15) is 0 Å². The Hall–Kier alpha value is -1.95. The van der Waals surface area contributed by atoms with Gasteiger partial charge in [0.2, 0.25) is 0 Å². The SMILES string of the molecule is CC(=O)c1ccc(N[C@H]2CCCC[C@H]2CO)c([N+](=O)[O-])c1. The smallest absolute Gasteiger partial charge is 0.293 e. The van der Waals surface area contributed by atoms with Gasteiger partial charge in [0.1, 0.15) is 5.69 Å². The molecule has 1 saturated carbocycles. The molecule has 6 nitrogen and oxygen atoms in total. The molecule has 2 atom stereocenters. The largest absolute Gasteiger partial charge is 0.396 e. The van der Waals surface area contributed by atoms with Crippen LogP contribution in [0.4, 0.5) is 11.4 Å². The van der Waals surface area contributed by atoms with Crippen molar-refractivity contribution in [2.45, 2.75) is 38.6 Å². The molecule has 0 bridgehead atoms. The highest BCUT2D eigenvalue weighted by atomic mass is 16.6. The number of aliphatic hydroxyl groups excluding tert-OH is 1. The molecule has 0 saturated heterocycles. The van der Waals surface area contributed by atoms with Gasteiger partial charge in [0.15, 0.2) is 5.78 Å². The number of rotatable bonds is 5. The Balaban J connectivity index is 2.26. The minimum absolute atomic E-state index is 0.0330. The van der Waals surface area contributed by atoms with Crippen molar-refractivity contribution in [2.75, 3.05) is 11.9 Å². The number of benzene rings is 1. The summed E-state index contributed by atoms with van der Waals surface area (Å²) in [7, 11) is 0. The van der Waals surface area contributed by atoms with Gasteiger partial charge >= 0.3 is 0 Å². The van der Waals surface area contributed by atoms with Crippen LogP contribution in [0.2, 0.25) is 0 Å². The van der Waals surface area contributed by atoms with Crippen molar-refractivity contribution in [3.8, 4) is 0 Å². The summed E-state index contributed by atoms with van der Waals surface area (Å²) < 4.78 is 0. The summed E-state index contributed by atoms with van der Waals surface area (Å²) in [6, 6.07) is 4.51. The van der Waals surface area contributed by atoms with Crippen LogP contribution in [-0.2, 0) is 0 Å². The zero-order chi connectivity index (χ0) is 15.4. The van der Waals surface area contributed by atoms with Crippen molar-refractivity contribution in [3.63, 3.8) is 0 Å². The topological polar surface area (TPSA) is 92.5 Å². The molecule has 6 heteroatoms. The number of Topliss-reactive ketones (excluding diaryl/α,β-unsaturated/α-hetero) is 1. The van der Waals surface area contributed by atoms with E-state index in [0.717, 1.165) is 25.7 Å². The Bertz CT molecular complexity index is 544. The van der Waals surface area contributed by atoms with Crippen LogP contribution in [0.3, 0.4) is 0 Å². The molecule has 0 spiro atoms. The van der Waals surface area contributed by atoms with Gasteiger partial charge in [-0.1, -0.05) is 12.8 Å². The maximum atomic E-state index is 11.3. The number of aliphatic hydroxyl groups is 1. The molecule has 2 rings (SSSR count). The van der Waals surface area contributed by atoms with E-state index in [9.17, 15) is 20.0 Å². The van der Waals surface area contributed by atoms with E-state index in [0.29, 0.717) is 11.3 Å². The van der Waals surface area contributed by atoms with Crippen LogP contribution >= 0.6 is 0 Å². The number of carbonyl (C=O) groups is 1. The van der Waals surface area contributed by atoms with Crippen molar-refractivity contribution in [1.29, 1.82) is 0 Å². The molecule has 1 aliphatic carbocycles. The Morgan fingerprint density at radius 1 is 1.43 bits per heavy atom. The third-order valence-electron chi connectivity index (χ3n) is 4.09. The molecule has 0 radical (unpaired) electrons. The minimum Gasteiger partial charge on any atom is -0.396 e. The van der Waals surface area contributed by atoms with Crippen LogP contribution in [0.15, 0.2) is 18.2 Å². The van der Waals surface area contributed by atoms with Gasteiger partial charge in [-0.25, -0.2) is 0 Å². The van der Waals surface area contributed by atoms with Gasteiger partial charge in [0, 0.05) is 30.2 Å². The molecule has 0 unspecified atom stereocenters. The van der Waals surface area contributed by atoms with E-state index in [1.165, 1.54) is 13.0 Å². The molecule has 1 aromatic rings. The van der Waals surface area contributed by atoms with Crippen LogP contribution in [0, 0.1) is 16.0 Å². The highest BCUT2D eigenvalue weighted by Crippen LogP contribution is 2.31. The molecule has 1 fully saturated rings. The van der Waals surface area contributed by atoms with Gasteiger partial charge in [-0.15, -0.1) is 0 Å². The number of nitro benzene ring substituents is 1. The van der Waals surface area contributed by atoms with E-state index in [2.05, 4.69) is 5.32 Å². The van der Waals surface area contributed by atoms with Crippen LogP contribution in [0.5, 0.6) is 0 Å². The molecule has 21 heavy (non-hydrogen) atoms. The lowest BCUT2D eigenvalue weighted by atomic mass is 9.85. The van der Waals surface area contributed by atoms with Gasteiger partial charge in [-0.05, 0) is 31.9 Å². The normalized spacial score (nSPS) is 21.8. The number of nitro groups is 1. The van der Waals surface area contributed by atoms with E-state index >= 15 is 0 Å². The minimum atomic E-state index is -0.481. The third-order valence-corrected chi connectivity index (χ3v) is 4.09. The van der Waals surface area contributed by atoms with Crippen molar-refractivity contribution in [3.05, 3.63) is 33.9 Å². The van der Waals surface area contributed by atoms with Gasteiger partial charge in [0.25, 0.3) is 5.69 Å². The second-order valence-electron chi connectivity index (χ2n) is 5.52. The first-order valence-electron chi connectivity index (χ1n) is 7.19. The lowest BCUT2D eigenvalue weighted by Crippen LogP contribution is -2.34. The average molecular weight is 292 g/mol. The van der Waals surface area contributed by atoms with E-state index in [-0.39, 0.29) is 30.0 Å². The van der Waals surface area contributed by atoms with Crippen molar-refractivity contribution in [2.24, 2.45) is 5.92 Å². The standard InChI is InChI=1S/C15H20N2O4/c1-10(19)11-6-7-14(15(8-11)17(20)21)16-13-5-3-2-4-12(13)9-18/h6-8,12-13,16,18H,2-5,9H2,1H3/t12-,13-/m0/s1. The Labute approximate surface area is 123 Å². The zero-order valence-corrected chi connectivity index (χ0v) is 12.0. The Kier molecular flexibility index (Phi) is 4.90. The molecule has 1 aliphatic rings. The zero-order valence-electron chi connectivity index (χ0n) is 12.0. The lowest BCUT2D eigenvalue weighted by Gasteiger charge is -2.31. The summed E-state index contributed by atoms with van der Waals surface area (Å²) in [6.07, 6.45) is 3.94. The first-order valence-corrected chi connectivity index (χ1v) is 7.19. The highest BCUT2D eigenvalue weighted by molar-refractivity contribution is 5.95. The van der Waals surface area contributed by atoms with Crippen molar-refractivity contribution in [1.82, 2.24) is 0 Å². The fraction of sp³-hybridized carbons (Fsp3) is 0.533. The van der Waals surface area contributed by atoms with Crippen molar-refractivity contribution >= 4 is 17.2 Å². The second kappa shape index (κ2) is 6.67. The second-order valence-corrected chi connectivity index (χ2v) is 5.52. The van der Waals surface area contributed by atoms with Crippen LogP contribution in [-0.4, -0.2) is 28.5 Å². The average Bonchev–Trinajstić information content (AvgIpc) is 2.47. The monoisotopic (exact) mass is 292 g/mol. The molecule has 0 aliphatic heterocycles. The summed E-state index contributed by atoms with van der Waals surface area (Å²) in [5.74, 6) is -0.0820. The third kappa shape index (κ3) is 3.58. The quantitative estimate of drug-likeness (QED) is 0.494. The molecule has 1 aromatic carbocycles. The number of carbonyl (C=O) groups excluding carboxylic acids is 1. The number of nitrogens with one attached hydrogen (secondary N) is 1. The number of anilines is 1. The molecule has 2 N–H and O–H groups in total. The van der Waals surface area contributed by atoms with E-state index in [1.54, 1.807) is 12.1 Å². The first-order chi connectivity index (χ1) is 10.0. The summed E-state index contributed by atoms with van der Waals surface area (Å²) in [6.45, 7) is 1.46. The van der Waals surface area contributed by atoms with Crippen LogP contribution in [0.1, 0.15) is 43.0 Å². The number of ketones is 1. The molecule has 0 aromatic heterocycles. The summed E-state index contributed by atoms with van der Waals surface area (Å²) >= 11 is 0. The number of nitrogens with zero attached hydrogens (tertiary/aromatic N) is 1. The Morgan fingerprint density at radius 3 is 2.76 bits per heavy atom. The van der Waals surface area contributed by atoms with Crippen LogP contribution < -0.4 is 5.32 Å². The maximum Gasteiger partial charge on any atom is 0.293 e. The molecule has 114 valence electrons. The molecular weight excluding hydrogens is 272 g/mol. The number of hydrogen-bond acceptors (Lipinski definition) is 5. The van der Waals surface area contributed by atoms with Gasteiger partial charge in [-0.3, -0.25) is 14.9 Å².